The van der Waals surface area contributed by atoms with Gasteiger partial charge in [0.25, 0.3) is 5.91 Å². The second kappa shape index (κ2) is 4.95. The average molecular weight is 322 g/mol. The molecule has 6 nitrogen and oxygen atoms in total. The maximum absolute atomic E-state index is 12.9. The summed E-state index contributed by atoms with van der Waals surface area (Å²) in [4.78, 5) is 17.3. The third-order valence-electron chi connectivity index (χ3n) is 5.35. The number of nitrogens with one attached hydrogen (secondary N) is 1. The minimum absolute atomic E-state index is 0.0348. The number of likely N-dealkylation sites (N-methyl/N-ethyl adjacent to an activating group) is 1. The summed E-state index contributed by atoms with van der Waals surface area (Å²) >= 11 is 0. The highest BCUT2D eigenvalue weighted by atomic mass is 16.3. The molecule has 2 bridgehead atoms. The average Bonchev–Trinajstić information content (AvgIpc) is 3.35. The summed E-state index contributed by atoms with van der Waals surface area (Å²) in [5.74, 6) is 0.840. The van der Waals surface area contributed by atoms with E-state index in [0.717, 1.165) is 41.7 Å². The van der Waals surface area contributed by atoms with Gasteiger partial charge >= 0.3 is 0 Å². The fourth-order valence-corrected chi connectivity index (χ4v) is 4.03. The van der Waals surface area contributed by atoms with Gasteiger partial charge in [-0.1, -0.05) is 6.07 Å². The summed E-state index contributed by atoms with van der Waals surface area (Å²) < 4.78 is 5.43. The van der Waals surface area contributed by atoms with Crippen molar-refractivity contribution in [1.82, 2.24) is 20.0 Å². The third kappa shape index (κ3) is 1.93. The minimum atomic E-state index is 0.0348. The predicted octanol–water partition coefficient (Wildman–Crippen LogP) is 2.35. The molecule has 2 atom stereocenters. The van der Waals surface area contributed by atoms with E-state index >= 15 is 0 Å². The monoisotopic (exact) mass is 322 g/mol. The van der Waals surface area contributed by atoms with Crippen molar-refractivity contribution in [3.8, 4) is 11.3 Å². The molecule has 0 aliphatic carbocycles. The van der Waals surface area contributed by atoms with Crippen molar-refractivity contribution in [3.05, 3.63) is 42.3 Å². The maximum Gasteiger partial charge on any atom is 0.275 e. The van der Waals surface area contributed by atoms with Crippen molar-refractivity contribution in [3.63, 3.8) is 0 Å². The van der Waals surface area contributed by atoms with E-state index in [9.17, 15) is 4.79 Å². The molecular formula is C18H18N4O2. The number of fused-ring (bicyclic) bond motifs is 3. The van der Waals surface area contributed by atoms with Crippen molar-refractivity contribution < 1.29 is 9.21 Å². The fourth-order valence-electron chi connectivity index (χ4n) is 4.03. The molecular weight excluding hydrogens is 304 g/mol. The Bertz CT molecular complexity index is 912. The Balaban J connectivity index is 1.48. The van der Waals surface area contributed by atoms with Crippen LogP contribution in [-0.2, 0) is 0 Å². The zero-order valence-electron chi connectivity index (χ0n) is 13.4. The number of carbonyl (C=O) groups excluding carboxylic acids is 1. The lowest BCUT2D eigenvalue weighted by Gasteiger charge is -2.31. The topological polar surface area (TPSA) is 65.4 Å². The Kier molecular flexibility index (Phi) is 2.84. The van der Waals surface area contributed by atoms with Crippen LogP contribution in [0, 0.1) is 0 Å². The quantitative estimate of drug-likeness (QED) is 0.786. The largest absolute Gasteiger partial charge is 0.464 e. The summed E-state index contributed by atoms with van der Waals surface area (Å²) in [6.07, 6.45) is 2.73. The van der Waals surface area contributed by atoms with E-state index in [1.165, 1.54) is 0 Å². The molecule has 0 radical (unpaired) electrons. The molecule has 2 aliphatic rings. The molecule has 2 saturated heterocycles. The lowest BCUT2D eigenvalue weighted by Crippen LogP contribution is -2.47. The number of aromatic amines is 1. The molecule has 24 heavy (non-hydrogen) atoms. The van der Waals surface area contributed by atoms with Crippen LogP contribution in [0.1, 0.15) is 16.9 Å². The van der Waals surface area contributed by atoms with Gasteiger partial charge in [-0.2, -0.15) is 5.10 Å². The van der Waals surface area contributed by atoms with Crippen LogP contribution in [0.5, 0.6) is 0 Å². The predicted molar refractivity (Wildman–Crippen MR) is 89.7 cm³/mol. The van der Waals surface area contributed by atoms with Gasteiger partial charge in [0.15, 0.2) is 5.69 Å². The van der Waals surface area contributed by atoms with Crippen molar-refractivity contribution in [2.45, 2.75) is 18.5 Å². The molecule has 122 valence electrons. The lowest BCUT2D eigenvalue weighted by molar-refractivity contribution is 0.0646. The highest BCUT2D eigenvalue weighted by Gasteiger charge is 2.44. The maximum atomic E-state index is 12.9. The van der Waals surface area contributed by atoms with Gasteiger partial charge in [0.1, 0.15) is 5.76 Å². The van der Waals surface area contributed by atoms with Crippen LogP contribution in [0.2, 0.25) is 0 Å². The number of furan rings is 1. The summed E-state index contributed by atoms with van der Waals surface area (Å²) in [7, 11) is 2.13. The standard InChI is InChI=1S/C18H18N4O2/c1-21-9-13-8-12(21)10-22(13)18(23)17-14-5-4-11(7-15(14)19-20-17)16-3-2-6-24-16/h2-7,12-13H,8-10H2,1H3,(H,19,20)/t12-,13-/m0/s1. The van der Waals surface area contributed by atoms with Crippen LogP contribution < -0.4 is 0 Å². The molecule has 0 spiro atoms. The first-order chi connectivity index (χ1) is 11.7. The van der Waals surface area contributed by atoms with Gasteiger partial charge in [-0.3, -0.25) is 14.8 Å². The molecule has 2 aromatic heterocycles. The van der Waals surface area contributed by atoms with Gasteiger partial charge in [-0.25, -0.2) is 0 Å². The van der Waals surface area contributed by atoms with E-state index in [1.807, 2.05) is 35.2 Å². The van der Waals surface area contributed by atoms with Gasteiger partial charge in [0.2, 0.25) is 0 Å². The first-order valence-electron chi connectivity index (χ1n) is 8.24. The molecule has 2 aliphatic heterocycles. The number of aromatic nitrogens is 2. The van der Waals surface area contributed by atoms with Gasteiger partial charge in [-0.05, 0) is 37.7 Å². The zero-order chi connectivity index (χ0) is 16.3. The highest BCUT2D eigenvalue weighted by Crippen LogP contribution is 2.32. The molecule has 4 heterocycles. The molecule has 0 unspecified atom stereocenters. The van der Waals surface area contributed by atoms with Gasteiger partial charge < -0.3 is 9.32 Å². The van der Waals surface area contributed by atoms with Crippen LogP contribution in [0.4, 0.5) is 0 Å². The molecule has 3 aromatic rings. The van der Waals surface area contributed by atoms with Crippen molar-refractivity contribution in [1.29, 1.82) is 0 Å². The Morgan fingerprint density at radius 3 is 2.92 bits per heavy atom. The first kappa shape index (κ1) is 13.8. The second-order valence-corrected chi connectivity index (χ2v) is 6.75. The summed E-state index contributed by atoms with van der Waals surface area (Å²) in [6.45, 7) is 1.76. The second-order valence-electron chi connectivity index (χ2n) is 6.75. The minimum Gasteiger partial charge on any atom is -0.464 e. The van der Waals surface area contributed by atoms with E-state index < -0.39 is 0 Å². The molecule has 5 rings (SSSR count). The van der Waals surface area contributed by atoms with E-state index in [4.69, 9.17) is 4.42 Å². The van der Waals surface area contributed by atoms with Crippen molar-refractivity contribution in [2.75, 3.05) is 20.1 Å². The van der Waals surface area contributed by atoms with Crippen molar-refractivity contribution >= 4 is 16.8 Å². The number of carbonyl (C=O) groups is 1. The number of H-pyrrole nitrogens is 1. The smallest absolute Gasteiger partial charge is 0.275 e. The molecule has 1 aromatic carbocycles. The Hall–Kier alpha value is -2.60. The summed E-state index contributed by atoms with van der Waals surface area (Å²) in [5, 5.41) is 8.17. The lowest BCUT2D eigenvalue weighted by atomic mass is 10.1. The number of rotatable bonds is 2. The van der Waals surface area contributed by atoms with E-state index in [0.29, 0.717) is 17.8 Å². The zero-order valence-corrected chi connectivity index (χ0v) is 13.4. The normalized spacial score (nSPS) is 23.5. The van der Waals surface area contributed by atoms with Crippen molar-refractivity contribution in [2.24, 2.45) is 0 Å². The highest BCUT2D eigenvalue weighted by molar-refractivity contribution is 6.05. The number of hydrogen-bond acceptors (Lipinski definition) is 4. The Morgan fingerprint density at radius 1 is 1.29 bits per heavy atom. The van der Waals surface area contributed by atoms with Gasteiger partial charge in [0, 0.05) is 36.1 Å². The Labute approximate surface area is 139 Å². The van der Waals surface area contributed by atoms with Crippen LogP contribution in [-0.4, -0.2) is 58.1 Å². The van der Waals surface area contributed by atoms with E-state index in [-0.39, 0.29) is 5.91 Å². The SMILES string of the molecule is CN1C[C@@H]2C[C@H]1CN2C(=O)c1n[nH]c2cc(-c3ccco3)ccc12. The molecule has 2 fully saturated rings. The number of benzene rings is 1. The van der Waals surface area contributed by atoms with E-state index in [1.54, 1.807) is 6.26 Å². The Morgan fingerprint density at radius 2 is 2.21 bits per heavy atom. The number of likely N-dealkylation sites (tertiary alicyclic amines) is 2. The molecule has 1 amide bonds. The van der Waals surface area contributed by atoms with E-state index in [2.05, 4.69) is 22.1 Å². The number of piperazine rings is 1. The summed E-state index contributed by atoms with van der Waals surface area (Å²) in [5.41, 5.74) is 2.34. The molecule has 1 N–H and O–H groups in total. The fraction of sp³-hybridized carbons (Fsp3) is 0.333. The van der Waals surface area contributed by atoms with Gasteiger partial charge in [0.05, 0.1) is 11.8 Å². The summed E-state index contributed by atoms with van der Waals surface area (Å²) in [6, 6.07) is 10.5. The van der Waals surface area contributed by atoms with Gasteiger partial charge in [-0.15, -0.1) is 0 Å². The molecule has 6 heteroatoms. The van der Waals surface area contributed by atoms with Crippen LogP contribution in [0.25, 0.3) is 22.2 Å². The number of nitrogens with zero attached hydrogens (tertiary/aromatic N) is 3. The van der Waals surface area contributed by atoms with Crippen LogP contribution in [0.3, 0.4) is 0 Å². The van der Waals surface area contributed by atoms with Crippen LogP contribution >= 0.6 is 0 Å². The molecule has 0 saturated carbocycles. The first-order valence-corrected chi connectivity index (χ1v) is 8.24. The van der Waals surface area contributed by atoms with Crippen LogP contribution in [0.15, 0.2) is 41.0 Å². The number of amides is 1. The third-order valence-corrected chi connectivity index (χ3v) is 5.35. The number of hydrogen-bond donors (Lipinski definition) is 1.